The minimum absolute atomic E-state index is 0.0749. The molecule has 0 bridgehead atoms. The number of carboxylic acid groups (broad SMARTS) is 1. The molecule has 0 aliphatic carbocycles. The van der Waals surface area contributed by atoms with E-state index in [9.17, 15) is 29.1 Å². The molecule has 0 saturated carbocycles. The van der Waals surface area contributed by atoms with Gasteiger partial charge in [-0.15, -0.1) is 0 Å². The van der Waals surface area contributed by atoms with Gasteiger partial charge in [0.15, 0.2) is 6.04 Å². The summed E-state index contributed by atoms with van der Waals surface area (Å²) in [5.74, 6) is -2.14. The largest absolute Gasteiger partial charge is 0.480 e. The monoisotopic (exact) mass is 616 g/mol. The Hall–Kier alpha value is -4.11. The molecule has 0 rings (SSSR count). The van der Waals surface area contributed by atoms with Gasteiger partial charge in [-0.1, -0.05) is 0 Å². The first-order valence-corrected chi connectivity index (χ1v) is 13.6. The highest BCUT2D eigenvalue weighted by Gasteiger charge is 2.25. The van der Waals surface area contributed by atoms with E-state index in [1.54, 1.807) is 83.1 Å². The van der Waals surface area contributed by atoms with E-state index in [0.29, 0.717) is 0 Å². The van der Waals surface area contributed by atoms with Gasteiger partial charge in [-0.3, -0.25) is 26.3 Å². The molecule has 0 heterocycles. The lowest BCUT2D eigenvalue weighted by Crippen LogP contribution is -2.48. The predicted molar refractivity (Wildman–Crippen MR) is 158 cm³/mol. The summed E-state index contributed by atoms with van der Waals surface area (Å²) < 4.78 is 20.7. The molecular formula is C27H48N6O10. The number of aliphatic carboxylic acids is 1. The Balaban J connectivity index is 5.83. The van der Waals surface area contributed by atoms with Crippen LogP contribution in [0.15, 0.2) is 9.98 Å². The third kappa shape index (κ3) is 22.2. The Bertz CT molecular complexity index is 996. The number of carbonyl (C=O) groups is 5. The number of aliphatic imine (C=N–C) groups is 2. The zero-order chi connectivity index (χ0) is 33.8. The number of hydrogen-bond donors (Lipinski definition) is 5. The molecule has 0 aliphatic rings. The highest BCUT2D eigenvalue weighted by molar-refractivity contribution is 6.02. The third-order valence-corrected chi connectivity index (χ3v) is 3.95. The van der Waals surface area contributed by atoms with Crippen LogP contribution >= 0.6 is 0 Å². The Labute approximate surface area is 252 Å². The van der Waals surface area contributed by atoms with Crippen LogP contribution in [0.1, 0.15) is 95.9 Å². The lowest BCUT2D eigenvalue weighted by Gasteiger charge is -2.22. The third-order valence-electron chi connectivity index (χ3n) is 3.95. The van der Waals surface area contributed by atoms with Crippen LogP contribution in [0.2, 0.25) is 0 Å². The van der Waals surface area contributed by atoms with Gasteiger partial charge in [0.05, 0.1) is 0 Å². The number of rotatable bonds is 6. The van der Waals surface area contributed by atoms with E-state index in [0.717, 1.165) is 0 Å². The number of amides is 4. The summed E-state index contributed by atoms with van der Waals surface area (Å²) in [5, 5.41) is 18.9. The first-order chi connectivity index (χ1) is 19.2. The maximum Gasteiger partial charge on any atom is 0.414 e. The van der Waals surface area contributed by atoms with Crippen LogP contribution in [0.3, 0.4) is 0 Å². The number of nitrogens with zero attached hydrogens (tertiary/aromatic N) is 2. The van der Waals surface area contributed by atoms with Gasteiger partial charge in [-0.25, -0.2) is 29.0 Å². The van der Waals surface area contributed by atoms with E-state index < -0.39 is 64.7 Å². The van der Waals surface area contributed by atoms with Gasteiger partial charge in [0.1, 0.15) is 22.4 Å². The molecule has 0 spiro atoms. The highest BCUT2D eigenvalue weighted by Crippen LogP contribution is 2.10. The molecule has 0 fully saturated rings. The van der Waals surface area contributed by atoms with Crippen LogP contribution in [-0.2, 0) is 23.7 Å². The van der Waals surface area contributed by atoms with Crippen molar-refractivity contribution in [3.8, 4) is 0 Å². The topological polar surface area (TPSA) is 215 Å². The molecule has 4 amide bonds. The van der Waals surface area contributed by atoms with Crippen molar-refractivity contribution in [3.63, 3.8) is 0 Å². The standard InChI is InChI=1S/C27H48N6O10/c1-24(2,3)40-20(36)30-18(31-21(37)41-25(4,5)6)28-15-13-14-16(17(34)35)29-19(32-22(38)42-26(7,8)9)33-23(39)43-27(10,11)12/h16H,13-15H2,1-12H3,(H,34,35)(H2,28,30,31,36,37)(H2,29,32,33,38,39)/t16-/m0/s1. The number of carbonyl (C=O) groups excluding carboxylic acids is 4. The predicted octanol–water partition coefficient (Wildman–Crippen LogP) is 4.03. The van der Waals surface area contributed by atoms with Crippen molar-refractivity contribution < 1.29 is 48.0 Å². The minimum Gasteiger partial charge on any atom is -0.480 e. The van der Waals surface area contributed by atoms with Gasteiger partial charge in [-0.2, -0.15) is 0 Å². The van der Waals surface area contributed by atoms with E-state index in [2.05, 4.69) is 31.3 Å². The van der Waals surface area contributed by atoms with Crippen molar-refractivity contribution >= 4 is 42.3 Å². The number of nitrogens with one attached hydrogen (secondary N) is 4. The van der Waals surface area contributed by atoms with E-state index >= 15 is 0 Å². The van der Waals surface area contributed by atoms with Crippen molar-refractivity contribution in [2.45, 2.75) is 124 Å². The average Bonchev–Trinajstić information content (AvgIpc) is 2.69. The van der Waals surface area contributed by atoms with Gasteiger partial charge >= 0.3 is 30.3 Å². The van der Waals surface area contributed by atoms with Gasteiger partial charge in [-0.05, 0) is 95.9 Å². The summed E-state index contributed by atoms with van der Waals surface area (Å²) in [5.41, 5.74) is -3.42. The normalized spacial score (nSPS) is 12.5. The van der Waals surface area contributed by atoms with Crippen molar-refractivity contribution in [3.05, 3.63) is 0 Å². The number of carboxylic acids is 1. The van der Waals surface area contributed by atoms with Crippen LogP contribution in [0.25, 0.3) is 0 Å². The smallest absolute Gasteiger partial charge is 0.414 e. The summed E-state index contributed by atoms with van der Waals surface area (Å²) in [6, 6.07) is -1.45. The molecule has 246 valence electrons. The van der Waals surface area contributed by atoms with Gasteiger partial charge in [0.2, 0.25) is 11.9 Å². The molecule has 16 heteroatoms. The fourth-order valence-corrected chi connectivity index (χ4v) is 2.68. The van der Waals surface area contributed by atoms with Crippen LogP contribution in [0.4, 0.5) is 19.2 Å². The van der Waals surface area contributed by atoms with E-state index in [1.165, 1.54) is 0 Å². The van der Waals surface area contributed by atoms with Crippen molar-refractivity contribution in [1.29, 1.82) is 0 Å². The lowest BCUT2D eigenvalue weighted by atomic mass is 10.1. The molecule has 5 N–H and O–H groups in total. The SMILES string of the molecule is CC(C)(C)OC(=O)NC(=NCCC[C@H](N=C(NC(=O)OC(C)(C)C)NC(=O)OC(C)(C)C)C(=O)O)NC(=O)OC(C)(C)C. The number of hydrogen-bond acceptors (Lipinski definition) is 11. The zero-order valence-corrected chi connectivity index (χ0v) is 27.2. The second kappa shape index (κ2) is 15.9. The summed E-state index contributed by atoms with van der Waals surface area (Å²) in [7, 11) is 0. The second-order valence-corrected chi connectivity index (χ2v) is 13.2. The molecule has 0 aromatic rings. The maximum absolute atomic E-state index is 12.3. The number of guanidine groups is 2. The Morgan fingerprint density at radius 3 is 1.16 bits per heavy atom. The fraction of sp³-hybridized carbons (Fsp3) is 0.741. The van der Waals surface area contributed by atoms with E-state index in [4.69, 9.17) is 18.9 Å². The summed E-state index contributed by atoms with van der Waals surface area (Å²) in [6.45, 7) is 19.6. The molecule has 0 unspecified atom stereocenters. The molecule has 0 saturated heterocycles. The quantitative estimate of drug-likeness (QED) is 0.125. The molecule has 1 atom stereocenters. The maximum atomic E-state index is 12.3. The molecule has 43 heavy (non-hydrogen) atoms. The molecule has 16 nitrogen and oxygen atoms in total. The molecule has 0 radical (unpaired) electrons. The van der Waals surface area contributed by atoms with Gasteiger partial charge in [0.25, 0.3) is 0 Å². The fourth-order valence-electron chi connectivity index (χ4n) is 2.68. The van der Waals surface area contributed by atoms with Gasteiger partial charge in [0, 0.05) is 6.54 Å². The Kier molecular flexibility index (Phi) is 14.4. The van der Waals surface area contributed by atoms with Gasteiger partial charge < -0.3 is 24.1 Å². The first kappa shape index (κ1) is 38.9. The zero-order valence-electron chi connectivity index (χ0n) is 27.2. The van der Waals surface area contributed by atoms with Crippen molar-refractivity contribution in [1.82, 2.24) is 21.3 Å². The Morgan fingerprint density at radius 1 is 0.581 bits per heavy atom. The van der Waals surface area contributed by atoms with E-state index in [1.807, 2.05) is 0 Å². The number of alkyl carbamates (subject to hydrolysis) is 4. The molecule has 0 aliphatic heterocycles. The van der Waals surface area contributed by atoms with Crippen LogP contribution < -0.4 is 21.3 Å². The first-order valence-electron chi connectivity index (χ1n) is 13.6. The van der Waals surface area contributed by atoms with Crippen LogP contribution in [0, 0.1) is 0 Å². The number of ether oxygens (including phenoxy) is 4. The summed E-state index contributed by atoms with van der Waals surface area (Å²) in [6.07, 6.45) is -3.78. The van der Waals surface area contributed by atoms with Crippen LogP contribution in [-0.4, -0.2) is 82.4 Å². The highest BCUT2D eigenvalue weighted by atomic mass is 16.6. The molecule has 0 aromatic heterocycles. The van der Waals surface area contributed by atoms with Crippen molar-refractivity contribution in [2.24, 2.45) is 9.98 Å². The molecular weight excluding hydrogens is 568 g/mol. The Morgan fingerprint density at radius 2 is 0.884 bits per heavy atom. The summed E-state index contributed by atoms with van der Waals surface area (Å²) >= 11 is 0. The van der Waals surface area contributed by atoms with Crippen molar-refractivity contribution in [2.75, 3.05) is 6.54 Å². The van der Waals surface area contributed by atoms with E-state index in [-0.39, 0.29) is 25.3 Å². The second-order valence-electron chi connectivity index (χ2n) is 13.2. The minimum atomic E-state index is -1.45. The van der Waals surface area contributed by atoms with Crippen LogP contribution in [0.5, 0.6) is 0 Å². The lowest BCUT2D eigenvalue weighted by molar-refractivity contribution is -0.138. The molecule has 0 aromatic carbocycles. The average molecular weight is 617 g/mol. The summed E-state index contributed by atoms with van der Waals surface area (Å²) in [4.78, 5) is 69.2.